The molecule has 0 aliphatic heterocycles. The highest BCUT2D eigenvalue weighted by Gasteiger charge is 2.16. The lowest BCUT2D eigenvalue weighted by molar-refractivity contribution is 0.509. The highest BCUT2D eigenvalue weighted by molar-refractivity contribution is 5.49. The van der Waals surface area contributed by atoms with Crippen molar-refractivity contribution in [2.45, 2.75) is 39.2 Å². The molecule has 78 valence electrons. The molecule has 0 radical (unpaired) electrons. The van der Waals surface area contributed by atoms with Crippen molar-refractivity contribution in [3.8, 4) is 0 Å². The van der Waals surface area contributed by atoms with Crippen molar-refractivity contribution in [3.63, 3.8) is 0 Å². The number of nitrogens with one attached hydrogen (secondary N) is 1. The van der Waals surface area contributed by atoms with Crippen LogP contribution in [0.15, 0.2) is 18.3 Å². The first-order valence-electron chi connectivity index (χ1n) is 5.03. The molecule has 0 saturated heterocycles. The minimum absolute atomic E-state index is 0.0789. The fourth-order valence-electron chi connectivity index (χ4n) is 1.55. The zero-order chi connectivity index (χ0) is 10.6. The zero-order valence-electron chi connectivity index (χ0n) is 9.17. The third-order valence-electron chi connectivity index (χ3n) is 2.13. The molecule has 3 heteroatoms. The Morgan fingerprint density at radius 3 is 2.79 bits per heavy atom. The van der Waals surface area contributed by atoms with Crippen LogP contribution in [0.2, 0.25) is 0 Å². The van der Waals surface area contributed by atoms with E-state index in [0.29, 0.717) is 0 Å². The summed E-state index contributed by atoms with van der Waals surface area (Å²) in [5, 5.41) is 3.37. The van der Waals surface area contributed by atoms with Crippen LogP contribution in [0.4, 0.5) is 11.5 Å². The van der Waals surface area contributed by atoms with E-state index in [9.17, 15) is 0 Å². The number of rotatable bonds is 4. The normalized spacial score (nSPS) is 11.4. The summed E-state index contributed by atoms with van der Waals surface area (Å²) in [4.78, 5) is 4.22. The van der Waals surface area contributed by atoms with Crippen molar-refractivity contribution < 1.29 is 0 Å². The Bertz CT molecular complexity index is 294. The number of nitrogens with zero attached hydrogens (tertiary/aromatic N) is 1. The van der Waals surface area contributed by atoms with Crippen LogP contribution in [0, 0.1) is 0 Å². The van der Waals surface area contributed by atoms with Crippen molar-refractivity contribution >= 4 is 11.5 Å². The Kier molecular flexibility index (Phi) is 3.33. The van der Waals surface area contributed by atoms with E-state index in [0.717, 1.165) is 24.3 Å². The second-order valence-corrected chi connectivity index (χ2v) is 4.23. The lowest BCUT2D eigenvalue weighted by Crippen LogP contribution is -2.30. The smallest absolute Gasteiger partial charge is 0.128 e. The van der Waals surface area contributed by atoms with Gasteiger partial charge in [-0.05, 0) is 26.3 Å². The number of anilines is 2. The molecule has 0 saturated carbocycles. The number of pyridine rings is 1. The van der Waals surface area contributed by atoms with Gasteiger partial charge in [0, 0.05) is 23.5 Å². The van der Waals surface area contributed by atoms with Crippen LogP contribution in [0.25, 0.3) is 0 Å². The van der Waals surface area contributed by atoms with Crippen LogP contribution in [0.1, 0.15) is 33.6 Å². The van der Waals surface area contributed by atoms with Crippen molar-refractivity contribution in [2.75, 3.05) is 11.1 Å². The second kappa shape index (κ2) is 4.31. The van der Waals surface area contributed by atoms with Gasteiger partial charge in [0.25, 0.3) is 0 Å². The summed E-state index contributed by atoms with van der Waals surface area (Å²) in [5.74, 6) is 0.850. The van der Waals surface area contributed by atoms with Gasteiger partial charge in [0.05, 0.1) is 0 Å². The van der Waals surface area contributed by atoms with Gasteiger partial charge in [-0.1, -0.05) is 13.3 Å². The molecule has 0 aliphatic carbocycles. The molecule has 0 spiro atoms. The maximum Gasteiger partial charge on any atom is 0.128 e. The number of hydrogen-bond acceptors (Lipinski definition) is 3. The van der Waals surface area contributed by atoms with Crippen LogP contribution in [0.3, 0.4) is 0 Å². The van der Waals surface area contributed by atoms with Gasteiger partial charge < -0.3 is 11.1 Å². The van der Waals surface area contributed by atoms with Gasteiger partial charge in [-0.25, -0.2) is 4.98 Å². The van der Waals surface area contributed by atoms with Crippen molar-refractivity contribution in [3.05, 3.63) is 18.3 Å². The molecule has 1 rings (SSSR count). The molecule has 0 fully saturated rings. The van der Waals surface area contributed by atoms with Crippen LogP contribution >= 0.6 is 0 Å². The topological polar surface area (TPSA) is 50.9 Å². The first-order valence-corrected chi connectivity index (χ1v) is 5.03. The Labute approximate surface area is 85.7 Å². The van der Waals surface area contributed by atoms with Crippen molar-refractivity contribution in [2.24, 2.45) is 0 Å². The molecule has 0 aliphatic rings. The summed E-state index contributed by atoms with van der Waals surface area (Å²) in [6.45, 7) is 6.51. The molecule has 14 heavy (non-hydrogen) atoms. The second-order valence-electron chi connectivity index (χ2n) is 4.23. The lowest BCUT2D eigenvalue weighted by Gasteiger charge is -2.26. The fraction of sp³-hybridized carbons (Fsp3) is 0.545. The third-order valence-corrected chi connectivity index (χ3v) is 2.13. The Morgan fingerprint density at radius 2 is 2.21 bits per heavy atom. The highest BCUT2D eigenvalue weighted by Crippen LogP contribution is 2.18. The van der Waals surface area contributed by atoms with E-state index in [2.05, 4.69) is 31.1 Å². The third kappa shape index (κ3) is 3.24. The Hall–Kier alpha value is -1.25. The number of nitrogen functional groups attached to an aromatic ring is 1. The molecular weight excluding hydrogens is 174 g/mol. The predicted octanol–water partition coefficient (Wildman–Crippen LogP) is 2.65. The lowest BCUT2D eigenvalue weighted by atomic mass is 9.99. The summed E-state index contributed by atoms with van der Waals surface area (Å²) in [6.07, 6.45) is 3.99. The van der Waals surface area contributed by atoms with Gasteiger partial charge in [0.1, 0.15) is 5.82 Å². The summed E-state index contributed by atoms with van der Waals surface area (Å²) in [7, 11) is 0. The summed E-state index contributed by atoms with van der Waals surface area (Å²) >= 11 is 0. The molecule has 1 aromatic heterocycles. The van der Waals surface area contributed by atoms with Gasteiger partial charge in [-0.15, -0.1) is 0 Å². The monoisotopic (exact) mass is 193 g/mol. The molecule has 0 amide bonds. The van der Waals surface area contributed by atoms with Gasteiger partial charge in [0.2, 0.25) is 0 Å². The molecule has 1 heterocycles. The molecule has 0 aromatic carbocycles. The van der Waals surface area contributed by atoms with Gasteiger partial charge in [-0.2, -0.15) is 0 Å². The highest BCUT2D eigenvalue weighted by atomic mass is 15.0. The van der Waals surface area contributed by atoms with Gasteiger partial charge >= 0.3 is 0 Å². The molecule has 0 unspecified atom stereocenters. The van der Waals surface area contributed by atoms with E-state index >= 15 is 0 Å². The van der Waals surface area contributed by atoms with Crippen LogP contribution < -0.4 is 11.1 Å². The maximum atomic E-state index is 5.67. The average Bonchev–Trinajstić information content (AvgIpc) is 2.02. The summed E-state index contributed by atoms with van der Waals surface area (Å²) < 4.78 is 0. The van der Waals surface area contributed by atoms with E-state index in [1.54, 1.807) is 12.3 Å². The molecule has 3 N–H and O–H groups in total. The molecule has 0 atom stereocenters. The predicted molar refractivity (Wildman–Crippen MR) is 61.3 cm³/mol. The van der Waals surface area contributed by atoms with Gasteiger partial charge in [-0.3, -0.25) is 0 Å². The quantitative estimate of drug-likeness (QED) is 0.773. The first kappa shape index (κ1) is 10.8. The number of nitrogens with two attached hydrogens (primary N) is 1. The van der Waals surface area contributed by atoms with Gasteiger partial charge in [0.15, 0.2) is 0 Å². The van der Waals surface area contributed by atoms with E-state index in [1.807, 2.05) is 6.07 Å². The minimum Gasteiger partial charge on any atom is -0.399 e. The Balaban J connectivity index is 2.68. The molecular formula is C11H19N3. The van der Waals surface area contributed by atoms with Crippen molar-refractivity contribution in [1.82, 2.24) is 4.98 Å². The summed E-state index contributed by atoms with van der Waals surface area (Å²) in [5.41, 5.74) is 6.50. The SMILES string of the molecule is CCCC(C)(C)Nc1cc(N)ccn1. The standard InChI is InChI=1S/C11H19N3/c1-4-6-11(2,3)14-10-8-9(12)5-7-13-10/h5,7-8H,4,6H2,1-3H3,(H3,12,13,14). The van der Waals surface area contributed by atoms with E-state index in [-0.39, 0.29) is 5.54 Å². The number of hydrogen-bond donors (Lipinski definition) is 2. The summed E-state index contributed by atoms with van der Waals surface area (Å²) in [6, 6.07) is 3.65. The Morgan fingerprint density at radius 1 is 1.50 bits per heavy atom. The molecule has 3 nitrogen and oxygen atoms in total. The molecule has 1 aromatic rings. The van der Waals surface area contributed by atoms with Crippen molar-refractivity contribution in [1.29, 1.82) is 0 Å². The number of aromatic nitrogens is 1. The van der Waals surface area contributed by atoms with Crippen LogP contribution in [-0.2, 0) is 0 Å². The first-order chi connectivity index (χ1) is 6.53. The van der Waals surface area contributed by atoms with E-state index in [1.165, 1.54) is 0 Å². The zero-order valence-corrected chi connectivity index (χ0v) is 9.17. The van der Waals surface area contributed by atoms with E-state index in [4.69, 9.17) is 5.73 Å². The average molecular weight is 193 g/mol. The van der Waals surface area contributed by atoms with Crippen LogP contribution in [0.5, 0.6) is 0 Å². The maximum absolute atomic E-state index is 5.67. The minimum atomic E-state index is 0.0789. The van der Waals surface area contributed by atoms with Crippen LogP contribution in [-0.4, -0.2) is 10.5 Å². The largest absolute Gasteiger partial charge is 0.399 e. The molecule has 0 bridgehead atoms. The fourth-order valence-corrected chi connectivity index (χ4v) is 1.55. The van der Waals surface area contributed by atoms with E-state index < -0.39 is 0 Å².